The van der Waals surface area contributed by atoms with Crippen LogP contribution in [0.1, 0.15) is 24.0 Å². The van der Waals surface area contributed by atoms with Crippen molar-refractivity contribution in [2.45, 2.75) is 25.9 Å². The van der Waals surface area contributed by atoms with Crippen LogP contribution in [-0.4, -0.2) is 26.4 Å². The van der Waals surface area contributed by atoms with E-state index in [4.69, 9.17) is 14.2 Å². The van der Waals surface area contributed by atoms with Crippen LogP contribution in [-0.2, 0) is 22.5 Å². The number of fused-ring (bicyclic) bond motifs is 1. The van der Waals surface area contributed by atoms with Gasteiger partial charge in [-0.05, 0) is 65.3 Å². The second-order valence-corrected chi connectivity index (χ2v) is 7.50. The first-order chi connectivity index (χ1) is 13.9. The Balaban J connectivity index is 1.25. The van der Waals surface area contributed by atoms with Gasteiger partial charge >= 0.3 is 0 Å². The van der Waals surface area contributed by atoms with Crippen LogP contribution < -0.4 is 4.74 Å². The molecule has 3 aromatic rings. The lowest BCUT2D eigenvalue weighted by molar-refractivity contribution is 0.0214. The molecule has 0 N–H and O–H groups in total. The molecule has 1 fully saturated rings. The molecule has 3 heteroatoms. The molecule has 146 valence electrons. The summed E-state index contributed by atoms with van der Waals surface area (Å²) in [4.78, 5) is 0. The molecule has 1 heterocycles. The van der Waals surface area contributed by atoms with Crippen LogP contribution in [0.3, 0.4) is 0 Å². The molecular formula is C25H28O3. The minimum atomic E-state index is 0.578. The van der Waals surface area contributed by atoms with Gasteiger partial charge in [-0.1, -0.05) is 48.5 Å². The van der Waals surface area contributed by atoms with Crippen molar-refractivity contribution in [3.8, 4) is 5.75 Å². The van der Waals surface area contributed by atoms with Gasteiger partial charge in [0.2, 0.25) is 0 Å². The summed E-state index contributed by atoms with van der Waals surface area (Å²) in [7, 11) is 0. The molecule has 0 aromatic heterocycles. The molecule has 1 saturated heterocycles. The van der Waals surface area contributed by atoms with E-state index in [1.165, 1.54) is 21.9 Å². The summed E-state index contributed by atoms with van der Waals surface area (Å²) in [6, 6.07) is 23.2. The average molecular weight is 376 g/mol. The van der Waals surface area contributed by atoms with Crippen LogP contribution in [0.25, 0.3) is 10.8 Å². The highest BCUT2D eigenvalue weighted by Gasteiger charge is 2.13. The van der Waals surface area contributed by atoms with Gasteiger partial charge in [0.15, 0.2) is 0 Å². The zero-order chi connectivity index (χ0) is 19.0. The maximum absolute atomic E-state index is 6.03. The maximum Gasteiger partial charge on any atom is 0.120 e. The highest BCUT2D eigenvalue weighted by molar-refractivity contribution is 5.82. The van der Waals surface area contributed by atoms with E-state index in [9.17, 15) is 0 Å². The Kier molecular flexibility index (Phi) is 6.59. The van der Waals surface area contributed by atoms with Crippen LogP contribution in [0, 0.1) is 5.92 Å². The first-order valence-corrected chi connectivity index (χ1v) is 10.2. The topological polar surface area (TPSA) is 27.7 Å². The number of ether oxygens (including phenoxy) is 3. The minimum absolute atomic E-state index is 0.578. The fourth-order valence-corrected chi connectivity index (χ4v) is 3.64. The van der Waals surface area contributed by atoms with Gasteiger partial charge in [0.05, 0.1) is 6.61 Å². The molecule has 0 spiro atoms. The Labute approximate surface area is 167 Å². The summed E-state index contributed by atoms with van der Waals surface area (Å²) >= 11 is 0. The van der Waals surface area contributed by atoms with Gasteiger partial charge in [0.25, 0.3) is 0 Å². The van der Waals surface area contributed by atoms with Gasteiger partial charge in [-0.15, -0.1) is 0 Å². The fourth-order valence-electron chi connectivity index (χ4n) is 3.64. The van der Waals surface area contributed by atoms with Crippen LogP contribution in [0.2, 0.25) is 0 Å². The van der Waals surface area contributed by atoms with E-state index in [0.717, 1.165) is 51.4 Å². The number of rotatable bonds is 8. The van der Waals surface area contributed by atoms with Crippen LogP contribution in [0.5, 0.6) is 5.75 Å². The third-order valence-electron chi connectivity index (χ3n) is 5.35. The summed E-state index contributed by atoms with van der Waals surface area (Å²) in [5.41, 5.74) is 2.44. The number of hydrogen-bond acceptors (Lipinski definition) is 3. The van der Waals surface area contributed by atoms with E-state index >= 15 is 0 Å². The van der Waals surface area contributed by atoms with Crippen molar-refractivity contribution >= 4 is 10.8 Å². The van der Waals surface area contributed by atoms with Crippen molar-refractivity contribution in [2.75, 3.05) is 26.4 Å². The molecule has 3 aromatic carbocycles. The Morgan fingerprint density at radius 1 is 0.821 bits per heavy atom. The minimum Gasteiger partial charge on any atom is -0.489 e. The maximum atomic E-state index is 6.03. The molecule has 1 aliphatic heterocycles. The van der Waals surface area contributed by atoms with Gasteiger partial charge in [0.1, 0.15) is 12.4 Å². The van der Waals surface area contributed by atoms with E-state index in [1.807, 2.05) is 6.07 Å². The summed E-state index contributed by atoms with van der Waals surface area (Å²) in [6.07, 6.45) is 3.16. The molecule has 3 nitrogen and oxygen atoms in total. The average Bonchev–Trinajstić information content (AvgIpc) is 2.76. The molecular weight excluding hydrogens is 348 g/mol. The third-order valence-corrected chi connectivity index (χ3v) is 5.35. The first kappa shape index (κ1) is 19.0. The predicted octanol–water partition coefficient (Wildman–Crippen LogP) is 5.40. The predicted molar refractivity (Wildman–Crippen MR) is 113 cm³/mol. The SMILES string of the molecule is c1cc(CCOCC2CCOCC2)cc(OCc2ccc3ccccc3c2)c1. The van der Waals surface area contributed by atoms with Crippen molar-refractivity contribution in [3.05, 3.63) is 77.9 Å². The van der Waals surface area contributed by atoms with Crippen LogP contribution >= 0.6 is 0 Å². The molecule has 0 saturated carbocycles. The van der Waals surface area contributed by atoms with Crippen LogP contribution in [0.15, 0.2) is 66.7 Å². The monoisotopic (exact) mass is 376 g/mol. The molecule has 0 atom stereocenters. The third kappa shape index (κ3) is 5.34. The summed E-state index contributed by atoms with van der Waals surface area (Å²) in [5.74, 6) is 1.57. The van der Waals surface area contributed by atoms with E-state index in [0.29, 0.717) is 12.5 Å². The molecule has 0 aliphatic carbocycles. The molecule has 0 radical (unpaired) electrons. The van der Waals surface area contributed by atoms with Crippen LogP contribution in [0.4, 0.5) is 0 Å². The van der Waals surface area contributed by atoms with Crippen molar-refractivity contribution < 1.29 is 14.2 Å². The molecule has 1 aliphatic rings. The number of benzene rings is 3. The Morgan fingerprint density at radius 3 is 2.57 bits per heavy atom. The Bertz CT molecular complexity index is 884. The smallest absolute Gasteiger partial charge is 0.120 e. The lowest BCUT2D eigenvalue weighted by Crippen LogP contribution is -2.20. The summed E-state index contributed by atoms with van der Waals surface area (Å²) < 4.78 is 17.3. The number of hydrogen-bond donors (Lipinski definition) is 0. The van der Waals surface area contributed by atoms with Crippen molar-refractivity contribution in [2.24, 2.45) is 5.92 Å². The van der Waals surface area contributed by atoms with Gasteiger partial charge in [-0.2, -0.15) is 0 Å². The van der Waals surface area contributed by atoms with Gasteiger partial charge in [0, 0.05) is 19.8 Å². The Morgan fingerprint density at radius 2 is 1.68 bits per heavy atom. The zero-order valence-corrected chi connectivity index (χ0v) is 16.3. The lowest BCUT2D eigenvalue weighted by Gasteiger charge is -2.21. The van der Waals surface area contributed by atoms with Gasteiger partial charge in [-0.25, -0.2) is 0 Å². The fraction of sp³-hybridized carbons (Fsp3) is 0.360. The van der Waals surface area contributed by atoms with Gasteiger partial charge < -0.3 is 14.2 Å². The molecule has 0 amide bonds. The first-order valence-electron chi connectivity index (χ1n) is 10.2. The standard InChI is InChI=1S/C25H28O3/c1-2-6-24-16-22(8-9-23(24)5-1)19-28-25-7-3-4-20(17-25)10-15-27-18-21-11-13-26-14-12-21/h1-9,16-17,21H,10-15,18-19H2. The second-order valence-electron chi connectivity index (χ2n) is 7.50. The highest BCUT2D eigenvalue weighted by Crippen LogP contribution is 2.19. The highest BCUT2D eigenvalue weighted by atomic mass is 16.5. The summed E-state index contributed by atoms with van der Waals surface area (Å²) in [5, 5.41) is 2.51. The molecule has 0 bridgehead atoms. The quantitative estimate of drug-likeness (QED) is 0.492. The van der Waals surface area contributed by atoms with Gasteiger partial charge in [-0.3, -0.25) is 0 Å². The zero-order valence-electron chi connectivity index (χ0n) is 16.3. The van der Waals surface area contributed by atoms with E-state index in [-0.39, 0.29) is 0 Å². The normalized spacial score (nSPS) is 15.0. The molecule has 4 rings (SSSR count). The van der Waals surface area contributed by atoms with Crippen molar-refractivity contribution in [1.82, 2.24) is 0 Å². The van der Waals surface area contributed by atoms with E-state index < -0.39 is 0 Å². The van der Waals surface area contributed by atoms with Crippen molar-refractivity contribution in [1.29, 1.82) is 0 Å². The van der Waals surface area contributed by atoms with Crippen molar-refractivity contribution in [3.63, 3.8) is 0 Å². The lowest BCUT2D eigenvalue weighted by atomic mass is 10.0. The molecule has 28 heavy (non-hydrogen) atoms. The van der Waals surface area contributed by atoms with E-state index in [1.54, 1.807) is 0 Å². The second kappa shape index (κ2) is 9.72. The summed E-state index contributed by atoms with van der Waals surface area (Å²) in [6.45, 7) is 3.94. The Hall–Kier alpha value is -2.36. The van der Waals surface area contributed by atoms with E-state index in [2.05, 4.69) is 60.7 Å². The largest absolute Gasteiger partial charge is 0.489 e. The molecule has 0 unspecified atom stereocenters.